The van der Waals surface area contributed by atoms with Crippen LogP contribution in [0.5, 0.6) is 5.75 Å². The van der Waals surface area contributed by atoms with Crippen LogP contribution in [0.1, 0.15) is 18.1 Å². The molecule has 0 heterocycles. The van der Waals surface area contributed by atoms with Gasteiger partial charge in [0.25, 0.3) is 5.91 Å². The Morgan fingerprint density at radius 1 is 1.25 bits per heavy atom. The molecule has 0 aromatic heterocycles. The molecule has 2 rings (SSSR count). The lowest BCUT2D eigenvalue weighted by Crippen LogP contribution is -2.33. The van der Waals surface area contributed by atoms with Crippen molar-refractivity contribution in [1.29, 1.82) is 5.26 Å². The van der Waals surface area contributed by atoms with Crippen molar-refractivity contribution in [3.63, 3.8) is 0 Å². The number of benzene rings is 2. The molecule has 0 bridgehead atoms. The number of rotatable bonds is 5. The minimum Gasteiger partial charge on any atom is -0.481 e. The summed E-state index contributed by atoms with van der Waals surface area (Å²) in [5.74, 6) is 0.0841. The molecule has 2 aromatic rings. The number of nitriles is 1. The molecule has 122 valence electrons. The molecular weight excluding hydrogens is 349 g/mol. The van der Waals surface area contributed by atoms with Crippen molar-refractivity contribution in [3.05, 3.63) is 63.6 Å². The summed E-state index contributed by atoms with van der Waals surface area (Å²) in [6, 6.07) is 13.5. The Balaban J connectivity index is 1.89. The van der Waals surface area contributed by atoms with E-state index in [2.05, 4.69) is 10.5 Å². The van der Waals surface area contributed by atoms with E-state index in [1.54, 1.807) is 49.4 Å². The summed E-state index contributed by atoms with van der Waals surface area (Å²) < 4.78 is 5.48. The first-order valence-electron chi connectivity index (χ1n) is 6.94. The van der Waals surface area contributed by atoms with Crippen LogP contribution >= 0.6 is 23.2 Å². The van der Waals surface area contributed by atoms with Gasteiger partial charge in [0, 0.05) is 0 Å². The zero-order valence-corrected chi connectivity index (χ0v) is 14.2. The lowest BCUT2D eigenvalue weighted by molar-refractivity contribution is -0.127. The van der Waals surface area contributed by atoms with Gasteiger partial charge in [-0.2, -0.15) is 10.4 Å². The second-order valence-corrected chi connectivity index (χ2v) is 5.62. The average molecular weight is 362 g/mol. The summed E-state index contributed by atoms with van der Waals surface area (Å²) in [6.45, 7) is 1.60. The summed E-state index contributed by atoms with van der Waals surface area (Å²) in [6.07, 6.45) is 0.707. The van der Waals surface area contributed by atoms with Crippen LogP contribution in [0.15, 0.2) is 47.6 Å². The maximum atomic E-state index is 11.9. The van der Waals surface area contributed by atoms with Gasteiger partial charge in [0.2, 0.25) is 0 Å². The predicted octanol–water partition coefficient (Wildman–Crippen LogP) is 3.78. The standard InChI is InChI=1S/C17H13Cl2N3O2/c1-11(24-14-5-2-12(9-20)3-6-14)17(23)22-21-10-13-4-7-15(18)16(19)8-13/h2-8,10-11H,1H3,(H,22,23)/b21-10-/t11-/m1/s1. The summed E-state index contributed by atoms with van der Waals surface area (Å²) in [5, 5.41) is 13.4. The molecule has 0 fully saturated rings. The van der Waals surface area contributed by atoms with E-state index in [1.807, 2.05) is 6.07 Å². The van der Waals surface area contributed by atoms with Gasteiger partial charge in [-0.25, -0.2) is 5.43 Å². The first kappa shape index (κ1) is 17.8. The highest BCUT2D eigenvalue weighted by Gasteiger charge is 2.13. The fourth-order valence-electron chi connectivity index (χ4n) is 1.72. The number of ether oxygens (including phenoxy) is 1. The maximum absolute atomic E-state index is 11.9. The second kappa shape index (κ2) is 8.34. The maximum Gasteiger partial charge on any atom is 0.280 e. The smallest absolute Gasteiger partial charge is 0.280 e. The molecule has 0 spiro atoms. The molecule has 1 amide bonds. The van der Waals surface area contributed by atoms with Crippen LogP contribution in [0.25, 0.3) is 0 Å². The highest BCUT2D eigenvalue weighted by atomic mass is 35.5. The molecule has 0 radical (unpaired) electrons. The number of carbonyl (C=O) groups excluding carboxylic acids is 1. The Kier molecular flexibility index (Phi) is 6.19. The molecule has 1 atom stereocenters. The zero-order chi connectivity index (χ0) is 17.5. The van der Waals surface area contributed by atoms with Gasteiger partial charge in [-0.1, -0.05) is 29.3 Å². The molecule has 0 saturated heterocycles. The van der Waals surface area contributed by atoms with E-state index in [9.17, 15) is 4.79 Å². The van der Waals surface area contributed by atoms with E-state index < -0.39 is 12.0 Å². The Morgan fingerprint density at radius 3 is 2.58 bits per heavy atom. The third-order valence-corrected chi connectivity index (χ3v) is 3.74. The Bertz CT molecular complexity index is 798. The lowest BCUT2D eigenvalue weighted by atomic mass is 10.2. The minimum absolute atomic E-state index is 0.407. The molecule has 0 saturated carbocycles. The zero-order valence-electron chi connectivity index (χ0n) is 12.7. The molecule has 5 nitrogen and oxygen atoms in total. The fraction of sp³-hybridized carbons (Fsp3) is 0.118. The molecule has 1 N–H and O–H groups in total. The topological polar surface area (TPSA) is 74.5 Å². The van der Waals surface area contributed by atoms with Crippen LogP contribution in [0.3, 0.4) is 0 Å². The first-order valence-corrected chi connectivity index (χ1v) is 7.70. The number of hydrogen-bond donors (Lipinski definition) is 1. The Morgan fingerprint density at radius 2 is 1.96 bits per heavy atom. The van der Waals surface area contributed by atoms with Crippen LogP contribution < -0.4 is 10.2 Å². The van der Waals surface area contributed by atoms with E-state index in [0.29, 0.717) is 26.9 Å². The van der Waals surface area contributed by atoms with Crippen LogP contribution in [0.4, 0.5) is 0 Å². The quantitative estimate of drug-likeness (QED) is 0.650. The number of hydrogen-bond acceptors (Lipinski definition) is 4. The van der Waals surface area contributed by atoms with Crippen LogP contribution in [0, 0.1) is 11.3 Å². The minimum atomic E-state index is -0.746. The van der Waals surface area contributed by atoms with Gasteiger partial charge in [0.15, 0.2) is 6.10 Å². The molecular formula is C17H13Cl2N3O2. The molecule has 0 aliphatic rings. The molecule has 7 heteroatoms. The van der Waals surface area contributed by atoms with Crippen LogP contribution in [-0.4, -0.2) is 18.2 Å². The summed E-state index contributed by atoms with van der Waals surface area (Å²) in [4.78, 5) is 11.9. The second-order valence-electron chi connectivity index (χ2n) is 4.80. The van der Waals surface area contributed by atoms with Crippen molar-refractivity contribution in [1.82, 2.24) is 5.43 Å². The average Bonchev–Trinajstić information content (AvgIpc) is 2.58. The van der Waals surface area contributed by atoms with Crippen LogP contribution in [-0.2, 0) is 4.79 Å². The monoisotopic (exact) mass is 361 g/mol. The number of amides is 1. The lowest BCUT2D eigenvalue weighted by Gasteiger charge is -2.12. The van der Waals surface area contributed by atoms with Crippen molar-refractivity contribution in [2.75, 3.05) is 0 Å². The highest BCUT2D eigenvalue weighted by molar-refractivity contribution is 6.42. The van der Waals surface area contributed by atoms with Gasteiger partial charge >= 0.3 is 0 Å². The number of carbonyl (C=O) groups is 1. The number of hydrazone groups is 1. The van der Waals surface area contributed by atoms with E-state index >= 15 is 0 Å². The SMILES string of the molecule is C[C@@H](Oc1ccc(C#N)cc1)C(=O)N/N=C\c1ccc(Cl)c(Cl)c1. The molecule has 0 aliphatic heterocycles. The Hall–Kier alpha value is -2.55. The predicted molar refractivity (Wildman–Crippen MR) is 93.4 cm³/mol. The highest BCUT2D eigenvalue weighted by Crippen LogP contribution is 2.21. The molecule has 0 unspecified atom stereocenters. The van der Waals surface area contributed by atoms with E-state index in [1.165, 1.54) is 6.21 Å². The van der Waals surface area contributed by atoms with Gasteiger partial charge in [0.1, 0.15) is 5.75 Å². The van der Waals surface area contributed by atoms with Gasteiger partial charge in [0.05, 0.1) is 27.9 Å². The summed E-state index contributed by atoms with van der Waals surface area (Å²) >= 11 is 11.7. The van der Waals surface area contributed by atoms with Crippen LogP contribution in [0.2, 0.25) is 10.0 Å². The summed E-state index contributed by atoms with van der Waals surface area (Å²) in [5.41, 5.74) is 3.60. The number of nitrogens with one attached hydrogen (secondary N) is 1. The number of nitrogens with zero attached hydrogens (tertiary/aromatic N) is 2. The third kappa shape index (κ3) is 4.98. The van der Waals surface area contributed by atoms with Crippen molar-refractivity contribution in [2.45, 2.75) is 13.0 Å². The van der Waals surface area contributed by atoms with E-state index in [-0.39, 0.29) is 0 Å². The first-order chi connectivity index (χ1) is 11.5. The van der Waals surface area contributed by atoms with Crippen molar-refractivity contribution in [3.8, 4) is 11.8 Å². The third-order valence-electron chi connectivity index (χ3n) is 3.00. The molecule has 2 aromatic carbocycles. The van der Waals surface area contributed by atoms with Gasteiger partial charge in [-0.05, 0) is 48.9 Å². The number of halogens is 2. The molecule has 0 aliphatic carbocycles. The normalized spacial score (nSPS) is 11.8. The van der Waals surface area contributed by atoms with Gasteiger partial charge in [-0.3, -0.25) is 4.79 Å². The Labute approximate surface area is 149 Å². The fourth-order valence-corrected chi connectivity index (χ4v) is 2.03. The van der Waals surface area contributed by atoms with E-state index in [4.69, 9.17) is 33.2 Å². The largest absolute Gasteiger partial charge is 0.481 e. The van der Waals surface area contributed by atoms with Crippen molar-refractivity contribution < 1.29 is 9.53 Å². The van der Waals surface area contributed by atoms with Gasteiger partial charge in [-0.15, -0.1) is 0 Å². The van der Waals surface area contributed by atoms with Crippen molar-refractivity contribution >= 4 is 35.3 Å². The summed E-state index contributed by atoms with van der Waals surface area (Å²) in [7, 11) is 0. The molecule has 24 heavy (non-hydrogen) atoms. The van der Waals surface area contributed by atoms with Gasteiger partial charge < -0.3 is 4.74 Å². The van der Waals surface area contributed by atoms with E-state index in [0.717, 1.165) is 0 Å². The van der Waals surface area contributed by atoms with Crippen molar-refractivity contribution in [2.24, 2.45) is 5.10 Å².